The Morgan fingerprint density at radius 3 is 2.45 bits per heavy atom. The van der Waals surface area contributed by atoms with Crippen LogP contribution in [0.2, 0.25) is 0 Å². The van der Waals surface area contributed by atoms with Gasteiger partial charge in [-0.2, -0.15) is 0 Å². The van der Waals surface area contributed by atoms with Crippen LogP contribution in [0.4, 0.5) is 0 Å². The van der Waals surface area contributed by atoms with Crippen molar-refractivity contribution in [1.29, 1.82) is 0 Å². The number of likely N-dealkylation sites (tertiary alicyclic amines) is 1. The third kappa shape index (κ3) is 5.13. The lowest BCUT2D eigenvalue weighted by atomic mass is 10.0. The highest BCUT2D eigenvalue weighted by Crippen LogP contribution is 2.22. The van der Waals surface area contributed by atoms with Crippen molar-refractivity contribution in [3.05, 3.63) is 35.9 Å². The van der Waals surface area contributed by atoms with Crippen molar-refractivity contribution in [1.82, 2.24) is 15.1 Å². The number of nitrogens with zero attached hydrogens (tertiary/aromatic N) is 2. The maximum atomic E-state index is 12.9. The summed E-state index contributed by atoms with van der Waals surface area (Å²) in [5.74, 6) is 0.209. The van der Waals surface area contributed by atoms with Gasteiger partial charge in [0.2, 0.25) is 5.91 Å². The Balaban J connectivity index is 0.00000220. The summed E-state index contributed by atoms with van der Waals surface area (Å²) in [5.41, 5.74) is 1.06. The van der Waals surface area contributed by atoms with E-state index in [2.05, 4.69) is 5.32 Å². The number of hydrogen-bond acceptors (Lipinski definition) is 3. The fourth-order valence-corrected chi connectivity index (χ4v) is 2.88. The molecule has 22 heavy (non-hydrogen) atoms. The number of hydrogen-bond donors (Lipinski definition) is 1. The topological polar surface area (TPSA) is 35.6 Å². The molecule has 0 radical (unpaired) electrons. The molecule has 1 aromatic carbocycles. The van der Waals surface area contributed by atoms with Crippen LogP contribution in [0, 0.1) is 0 Å². The largest absolute Gasteiger partial charge is 0.339 e. The first-order valence-corrected chi connectivity index (χ1v) is 7.31. The standard InChI is InChI=1S/C16H25N3O.2ClH/c1-17-14-10-7-11-19(12-14)16(20)15(18(2)3)13-8-5-4-6-9-13;;/h4-6,8-9,14-15,17H,7,10-12H2,1-3H3;2*1H. The quantitative estimate of drug-likeness (QED) is 0.907. The molecule has 1 aromatic rings. The van der Waals surface area contributed by atoms with E-state index in [1.807, 2.05) is 61.3 Å². The molecule has 2 unspecified atom stereocenters. The first-order chi connectivity index (χ1) is 9.63. The van der Waals surface area contributed by atoms with Crippen molar-refractivity contribution in [3.63, 3.8) is 0 Å². The summed E-state index contributed by atoms with van der Waals surface area (Å²) in [6.45, 7) is 1.68. The molecule has 2 atom stereocenters. The third-order valence-electron chi connectivity index (χ3n) is 4.01. The van der Waals surface area contributed by atoms with Gasteiger partial charge in [0.1, 0.15) is 6.04 Å². The zero-order chi connectivity index (χ0) is 14.5. The Hall–Kier alpha value is -0.810. The van der Waals surface area contributed by atoms with E-state index in [9.17, 15) is 4.79 Å². The fraction of sp³-hybridized carbons (Fsp3) is 0.562. The van der Waals surface area contributed by atoms with Gasteiger partial charge < -0.3 is 10.2 Å². The Kier molecular flexibility index (Phi) is 9.69. The smallest absolute Gasteiger partial charge is 0.244 e. The maximum Gasteiger partial charge on any atom is 0.244 e. The second kappa shape index (κ2) is 10.1. The molecule has 1 aliphatic rings. The minimum absolute atomic E-state index is 0. The highest BCUT2D eigenvalue weighted by Gasteiger charge is 2.30. The van der Waals surface area contributed by atoms with Gasteiger partial charge in [-0.3, -0.25) is 9.69 Å². The first kappa shape index (κ1) is 21.2. The molecule has 126 valence electrons. The maximum absolute atomic E-state index is 12.9. The van der Waals surface area contributed by atoms with Crippen LogP contribution in [0.3, 0.4) is 0 Å². The average Bonchev–Trinajstić information content (AvgIpc) is 2.48. The molecular formula is C16H27Cl2N3O. The van der Waals surface area contributed by atoms with Crippen LogP contribution in [-0.2, 0) is 4.79 Å². The van der Waals surface area contributed by atoms with E-state index in [-0.39, 0.29) is 36.8 Å². The first-order valence-electron chi connectivity index (χ1n) is 7.31. The second-order valence-corrected chi connectivity index (χ2v) is 5.69. The van der Waals surface area contributed by atoms with Crippen LogP contribution >= 0.6 is 24.8 Å². The van der Waals surface area contributed by atoms with E-state index in [1.165, 1.54) is 0 Å². The number of rotatable bonds is 4. The molecule has 1 fully saturated rings. The van der Waals surface area contributed by atoms with E-state index in [0.717, 1.165) is 31.5 Å². The Bertz CT molecular complexity index is 442. The number of halogens is 2. The number of carbonyl (C=O) groups is 1. The fourth-order valence-electron chi connectivity index (χ4n) is 2.88. The lowest BCUT2D eigenvalue weighted by molar-refractivity contribution is -0.137. The molecule has 0 saturated carbocycles. The van der Waals surface area contributed by atoms with Crippen molar-refractivity contribution in [3.8, 4) is 0 Å². The number of piperidine rings is 1. The van der Waals surface area contributed by atoms with Crippen molar-refractivity contribution in [2.24, 2.45) is 0 Å². The van der Waals surface area contributed by atoms with Gasteiger partial charge in [-0.15, -0.1) is 24.8 Å². The van der Waals surface area contributed by atoms with E-state index in [1.54, 1.807) is 0 Å². The molecular weight excluding hydrogens is 321 g/mol. The predicted molar refractivity (Wildman–Crippen MR) is 96.0 cm³/mol. The number of likely N-dealkylation sites (N-methyl/N-ethyl adjacent to an activating group) is 2. The number of carbonyl (C=O) groups excluding carboxylic acids is 1. The van der Waals surface area contributed by atoms with Crippen LogP contribution in [0.1, 0.15) is 24.4 Å². The average molecular weight is 348 g/mol. The SMILES string of the molecule is CNC1CCCN(C(=O)C(c2ccccc2)N(C)C)C1.Cl.Cl. The van der Waals surface area contributed by atoms with Gasteiger partial charge >= 0.3 is 0 Å². The Morgan fingerprint density at radius 1 is 1.27 bits per heavy atom. The molecule has 0 spiro atoms. The van der Waals surface area contributed by atoms with Crippen molar-refractivity contribution >= 4 is 30.7 Å². The summed E-state index contributed by atoms with van der Waals surface area (Å²) in [6.07, 6.45) is 2.23. The van der Waals surface area contributed by atoms with Gasteiger partial charge in [0.25, 0.3) is 0 Å². The number of amides is 1. The molecule has 2 rings (SSSR count). The third-order valence-corrected chi connectivity index (χ3v) is 4.01. The zero-order valence-electron chi connectivity index (χ0n) is 13.5. The Morgan fingerprint density at radius 2 is 1.91 bits per heavy atom. The second-order valence-electron chi connectivity index (χ2n) is 5.69. The molecule has 4 nitrogen and oxygen atoms in total. The van der Waals surface area contributed by atoms with Gasteiger partial charge in [-0.05, 0) is 39.5 Å². The van der Waals surface area contributed by atoms with Crippen LogP contribution in [-0.4, -0.2) is 56.0 Å². The predicted octanol–water partition coefficient (Wildman–Crippen LogP) is 2.34. The lowest BCUT2D eigenvalue weighted by Gasteiger charge is -2.36. The minimum Gasteiger partial charge on any atom is -0.339 e. The van der Waals surface area contributed by atoms with Crippen molar-refractivity contribution in [2.45, 2.75) is 24.9 Å². The molecule has 6 heteroatoms. The van der Waals surface area contributed by atoms with E-state index in [4.69, 9.17) is 0 Å². The van der Waals surface area contributed by atoms with Crippen LogP contribution in [0.5, 0.6) is 0 Å². The summed E-state index contributed by atoms with van der Waals surface area (Å²) in [6, 6.07) is 10.3. The van der Waals surface area contributed by atoms with Gasteiger partial charge in [0, 0.05) is 19.1 Å². The van der Waals surface area contributed by atoms with Crippen molar-refractivity contribution in [2.75, 3.05) is 34.2 Å². The summed E-state index contributed by atoms with van der Waals surface area (Å²) in [5, 5.41) is 3.29. The molecule has 0 aromatic heterocycles. The summed E-state index contributed by atoms with van der Waals surface area (Å²) >= 11 is 0. The van der Waals surface area contributed by atoms with Gasteiger partial charge in [-0.25, -0.2) is 0 Å². The molecule has 1 N–H and O–H groups in total. The number of nitrogens with one attached hydrogen (secondary N) is 1. The molecule has 1 amide bonds. The highest BCUT2D eigenvalue weighted by atomic mass is 35.5. The van der Waals surface area contributed by atoms with Crippen LogP contribution < -0.4 is 5.32 Å². The number of benzene rings is 1. The summed E-state index contributed by atoms with van der Waals surface area (Å²) < 4.78 is 0. The lowest BCUT2D eigenvalue weighted by Crippen LogP contribution is -2.50. The van der Waals surface area contributed by atoms with E-state index >= 15 is 0 Å². The van der Waals surface area contributed by atoms with Crippen LogP contribution in [0.15, 0.2) is 30.3 Å². The summed E-state index contributed by atoms with van der Waals surface area (Å²) in [7, 11) is 5.91. The zero-order valence-corrected chi connectivity index (χ0v) is 15.1. The van der Waals surface area contributed by atoms with E-state index in [0.29, 0.717) is 6.04 Å². The van der Waals surface area contributed by atoms with Gasteiger partial charge in [0.15, 0.2) is 0 Å². The highest BCUT2D eigenvalue weighted by molar-refractivity contribution is 5.85. The Labute approximate surface area is 146 Å². The van der Waals surface area contributed by atoms with Crippen LogP contribution in [0.25, 0.3) is 0 Å². The van der Waals surface area contributed by atoms with Gasteiger partial charge in [0.05, 0.1) is 0 Å². The molecule has 0 bridgehead atoms. The molecule has 0 aliphatic carbocycles. The van der Waals surface area contributed by atoms with Crippen molar-refractivity contribution < 1.29 is 4.79 Å². The van der Waals surface area contributed by atoms with Gasteiger partial charge in [-0.1, -0.05) is 30.3 Å². The molecule has 1 aliphatic heterocycles. The molecule has 1 heterocycles. The normalized spacial score (nSPS) is 19.1. The summed E-state index contributed by atoms with van der Waals surface area (Å²) in [4.78, 5) is 16.9. The minimum atomic E-state index is -0.188. The monoisotopic (exact) mass is 347 g/mol. The van der Waals surface area contributed by atoms with E-state index < -0.39 is 0 Å². The molecule has 1 saturated heterocycles.